The first kappa shape index (κ1) is 26.4. The molecule has 0 unspecified atom stereocenters. The fourth-order valence-corrected chi connectivity index (χ4v) is 5.68. The predicted octanol–water partition coefficient (Wildman–Crippen LogP) is 1.45. The number of carbonyl (C=O) groups excluding carboxylic acids is 1. The second kappa shape index (κ2) is 11.7. The van der Waals surface area contributed by atoms with Crippen LogP contribution < -0.4 is 15.6 Å². The third-order valence-electron chi connectivity index (χ3n) is 7.92. The van der Waals surface area contributed by atoms with Gasteiger partial charge in [0.15, 0.2) is 5.65 Å². The lowest BCUT2D eigenvalue weighted by molar-refractivity contribution is 0.0939. The van der Waals surface area contributed by atoms with Crippen molar-refractivity contribution in [3.05, 3.63) is 63.2 Å². The van der Waals surface area contributed by atoms with Gasteiger partial charge < -0.3 is 19.5 Å². The summed E-state index contributed by atoms with van der Waals surface area (Å²) in [7, 11) is 1.66. The lowest BCUT2D eigenvalue weighted by Crippen LogP contribution is -2.48. The van der Waals surface area contributed by atoms with E-state index in [1.807, 2.05) is 12.1 Å². The Labute approximate surface area is 223 Å². The second-order valence-corrected chi connectivity index (χ2v) is 10.1. The van der Waals surface area contributed by atoms with Crippen LogP contribution in [0.4, 0.5) is 0 Å². The van der Waals surface area contributed by atoms with Crippen molar-refractivity contribution in [1.82, 2.24) is 34.2 Å². The smallest absolute Gasteiger partial charge is 0.279 e. The number of aromatic nitrogens is 3. The molecule has 10 heteroatoms. The summed E-state index contributed by atoms with van der Waals surface area (Å²) in [6, 6.07) is 8.05. The molecule has 1 amide bonds. The standard InChI is InChI=1S/C28H39N7O3/c1-4-31-14-16-32(17-15-31)13-11-29-26(36)23-18-30-35-27(23)34(5-2)25-10-12-33(20-24(25)28(35)37)19-21-6-8-22(38-3)9-7-21/h6-9,18H,4-5,10-17,19-20H2,1-3H3,(H,29,36). The van der Waals surface area contributed by atoms with Gasteiger partial charge in [0.1, 0.15) is 11.3 Å². The molecule has 2 aliphatic heterocycles. The van der Waals surface area contributed by atoms with Gasteiger partial charge in [-0.25, -0.2) is 0 Å². The number of hydrogen-bond donors (Lipinski definition) is 1. The molecule has 2 aliphatic rings. The molecular weight excluding hydrogens is 482 g/mol. The highest BCUT2D eigenvalue weighted by Crippen LogP contribution is 2.22. The van der Waals surface area contributed by atoms with Crippen molar-refractivity contribution >= 4 is 11.6 Å². The van der Waals surface area contributed by atoms with Gasteiger partial charge in [-0.15, -0.1) is 0 Å². The molecular formula is C28H39N7O3. The van der Waals surface area contributed by atoms with Crippen molar-refractivity contribution in [2.45, 2.75) is 39.9 Å². The number of fused-ring (bicyclic) bond motifs is 2. The summed E-state index contributed by atoms with van der Waals surface area (Å²) >= 11 is 0. The maximum Gasteiger partial charge on any atom is 0.279 e. The molecule has 4 heterocycles. The number of methoxy groups -OCH3 is 1. The van der Waals surface area contributed by atoms with Crippen LogP contribution in [0, 0.1) is 0 Å². The average Bonchev–Trinajstić information content (AvgIpc) is 3.40. The number of benzene rings is 1. The molecule has 0 radical (unpaired) electrons. The molecule has 1 aromatic carbocycles. The molecule has 10 nitrogen and oxygen atoms in total. The summed E-state index contributed by atoms with van der Waals surface area (Å²) in [6.45, 7) is 13.7. The Morgan fingerprint density at radius 1 is 1.00 bits per heavy atom. The molecule has 1 saturated heterocycles. The summed E-state index contributed by atoms with van der Waals surface area (Å²) in [5.74, 6) is 0.657. The molecule has 204 valence electrons. The van der Waals surface area contributed by atoms with Crippen molar-refractivity contribution in [3.8, 4) is 5.75 Å². The molecule has 0 bridgehead atoms. The zero-order chi connectivity index (χ0) is 26.6. The highest BCUT2D eigenvalue weighted by molar-refractivity contribution is 5.99. The Bertz CT molecular complexity index is 1320. The average molecular weight is 522 g/mol. The fraction of sp³-hybridized carbons (Fsp3) is 0.536. The van der Waals surface area contributed by atoms with Gasteiger partial charge in [-0.3, -0.25) is 19.4 Å². The Balaban J connectivity index is 1.30. The number of ether oxygens (including phenoxy) is 1. The summed E-state index contributed by atoms with van der Waals surface area (Å²) in [6.07, 6.45) is 2.29. The van der Waals surface area contributed by atoms with Gasteiger partial charge in [0.2, 0.25) is 0 Å². The maximum atomic E-state index is 13.5. The molecule has 38 heavy (non-hydrogen) atoms. The molecule has 1 N–H and O–H groups in total. The number of aryl methyl sites for hydroxylation is 1. The molecule has 5 rings (SSSR count). The quantitative estimate of drug-likeness (QED) is 0.456. The van der Waals surface area contributed by atoms with Crippen molar-refractivity contribution in [3.63, 3.8) is 0 Å². The zero-order valence-electron chi connectivity index (χ0n) is 22.8. The fourth-order valence-electron chi connectivity index (χ4n) is 5.68. The number of nitrogens with one attached hydrogen (secondary N) is 1. The molecule has 0 spiro atoms. The summed E-state index contributed by atoms with van der Waals surface area (Å²) < 4.78 is 8.78. The Morgan fingerprint density at radius 3 is 2.42 bits per heavy atom. The van der Waals surface area contributed by atoms with Gasteiger partial charge >= 0.3 is 0 Å². The van der Waals surface area contributed by atoms with Crippen molar-refractivity contribution < 1.29 is 9.53 Å². The van der Waals surface area contributed by atoms with Crippen LogP contribution in [0.15, 0.2) is 35.3 Å². The number of likely N-dealkylation sites (N-methyl/N-ethyl adjacent to an activating group) is 1. The van der Waals surface area contributed by atoms with E-state index in [0.29, 0.717) is 30.8 Å². The summed E-state index contributed by atoms with van der Waals surface area (Å²) in [4.78, 5) is 33.8. The van der Waals surface area contributed by atoms with Gasteiger partial charge in [-0.05, 0) is 31.2 Å². The minimum atomic E-state index is -0.175. The van der Waals surface area contributed by atoms with E-state index in [-0.39, 0.29) is 11.5 Å². The molecule has 1 fully saturated rings. The second-order valence-electron chi connectivity index (χ2n) is 10.1. The van der Waals surface area contributed by atoms with Crippen LogP contribution in [0.3, 0.4) is 0 Å². The monoisotopic (exact) mass is 521 g/mol. The number of amides is 1. The zero-order valence-corrected chi connectivity index (χ0v) is 22.8. The van der Waals surface area contributed by atoms with E-state index in [9.17, 15) is 9.59 Å². The third kappa shape index (κ3) is 5.34. The van der Waals surface area contributed by atoms with Gasteiger partial charge in [0.05, 0.1) is 18.9 Å². The van der Waals surface area contributed by atoms with Crippen LogP contribution in [-0.4, -0.2) is 94.3 Å². The molecule has 3 aromatic rings. The number of hydrogen-bond acceptors (Lipinski definition) is 7. The molecule has 0 saturated carbocycles. The van der Waals surface area contributed by atoms with Crippen LogP contribution in [0.1, 0.15) is 41.0 Å². The summed E-state index contributed by atoms with van der Waals surface area (Å²) in [5.41, 5.74) is 3.88. The minimum Gasteiger partial charge on any atom is -0.497 e. The normalized spacial score (nSPS) is 17.0. The van der Waals surface area contributed by atoms with E-state index < -0.39 is 0 Å². The van der Waals surface area contributed by atoms with E-state index in [0.717, 1.165) is 75.8 Å². The van der Waals surface area contributed by atoms with Crippen LogP contribution in [0.2, 0.25) is 0 Å². The predicted molar refractivity (Wildman–Crippen MR) is 147 cm³/mol. The lowest BCUT2D eigenvalue weighted by atomic mass is 10.0. The highest BCUT2D eigenvalue weighted by atomic mass is 16.5. The largest absolute Gasteiger partial charge is 0.497 e. The van der Waals surface area contributed by atoms with E-state index in [4.69, 9.17) is 4.74 Å². The topological polar surface area (TPSA) is 87.3 Å². The van der Waals surface area contributed by atoms with Crippen molar-refractivity contribution in [1.29, 1.82) is 0 Å². The van der Waals surface area contributed by atoms with Crippen LogP contribution in [0.5, 0.6) is 5.75 Å². The first-order valence-electron chi connectivity index (χ1n) is 13.7. The first-order valence-corrected chi connectivity index (χ1v) is 13.7. The number of piperazine rings is 1. The SMILES string of the molecule is CCN1CCN(CCNC(=O)c2cnn3c(=O)c4c(n(CC)c23)CCN(Cc2ccc(OC)cc2)C4)CC1. The van der Waals surface area contributed by atoms with E-state index >= 15 is 0 Å². The van der Waals surface area contributed by atoms with Gasteiger partial charge in [0, 0.05) is 77.6 Å². The first-order chi connectivity index (χ1) is 18.5. The van der Waals surface area contributed by atoms with Gasteiger partial charge in [-0.2, -0.15) is 9.61 Å². The van der Waals surface area contributed by atoms with E-state index in [1.54, 1.807) is 13.3 Å². The highest BCUT2D eigenvalue weighted by Gasteiger charge is 2.27. The lowest BCUT2D eigenvalue weighted by Gasteiger charge is -2.33. The number of nitrogens with zero attached hydrogens (tertiary/aromatic N) is 6. The van der Waals surface area contributed by atoms with Crippen molar-refractivity contribution in [2.75, 3.05) is 59.5 Å². The van der Waals surface area contributed by atoms with E-state index in [2.05, 4.69) is 55.7 Å². The van der Waals surface area contributed by atoms with E-state index in [1.165, 1.54) is 10.1 Å². The minimum absolute atomic E-state index is 0.132. The Morgan fingerprint density at radius 2 is 1.74 bits per heavy atom. The maximum absolute atomic E-state index is 13.5. The van der Waals surface area contributed by atoms with Gasteiger partial charge in [0.25, 0.3) is 11.5 Å². The summed E-state index contributed by atoms with van der Waals surface area (Å²) in [5, 5.41) is 7.44. The Kier molecular flexibility index (Phi) is 8.11. The number of rotatable bonds is 9. The Hall–Kier alpha value is -3.21. The van der Waals surface area contributed by atoms with Crippen molar-refractivity contribution in [2.24, 2.45) is 0 Å². The van der Waals surface area contributed by atoms with Crippen LogP contribution in [-0.2, 0) is 26.1 Å². The number of carbonyl (C=O) groups is 1. The van der Waals surface area contributed by atoms with Gasteiger partial charge in [-0.1, -0.05) is 19.1 Å². The van der Waals surface area contributed by atoms with Crippen LogP contribution >= 0.6 is 0 Å². The molecule has 2 aromatic heterocycles. The third-order valence-corrected chi connectivity index (χ3v) is 7.92. The molecule has 0 aliphatic carbocycles. The molecule has 0 atom stereocenters. The van der Waals surface area contributed by atoms with Crippen LogP contribution in [0.25, 0.3) is 5.65 Å².